The maximum absolute atomic E-state index is 13.5. The fraction of sp³-hybridized carbons (Fsp3) is 0.273. The van der Waals surface area contributed by atoms with Crippen molar-refractivity contribution in [1.82, 2.24) is 15.1 Å². The highest BCUT2D eigenvalue weighted by Gasteiger charge is 2.14. The molecule has 2 aromatic carbocycles. The minimum Gasteiger partial charge on any atom is -0.493 e. The first-order valence-corrected chi connectivity index (χ1v) is 9.22. The Hall–Kier alpha value is -3.35. The van der Waals surface area contributed by atoms with Gasteiger partial charge < -0.3 is 14.8 Å². The van der Waals surface area contributed by atoms with Gasteiger partial charge in [0, 0.05) is 19.2 Å². The molecule has 29 heavy (non-hydrogen) atoms. The van der Waals surface area contributed by atoms with E-state index in [1.807, 2.05) is 18.2 Å². The van der Waals surface area contributed by atoms with Gasteiger partial charge in [-0.05, 0) is 60.9 Å². The number of ether oxygens (including phenoxy) is 2. The van der Waals surface area contributed by atoms with Gasteiger partial charge in [-0.2, -0.15) is 5.10 Å². The van der Waals surface area contributed by atoms with Gasteiger partial charge in [0.15, 0.2) is 17.2 Å². The van der Waals surface area contributed by atoms with Gasteiger partial charge in [0.05, 0.1) is 19.9 Å². The zero-order valence-electron chi connectivity index (χ0n) is 17.0. The van der Waals surface area contributed by atoms with Crippen molar-refractivity contribution in [3.8, 4) is 22.8 Å². The van der Waals surface area contributed by atoms with Crippen LogP contribution in [0.1, 0.15) is 21.6 Å². The van der Waals surface area contributed by atoms with Crippen molar-refractivity contribution in [2.24, 2.45) is 7.05 Å². The first kappa shape index (κ1) is 20.4. The molecule has 1 N–H and O–H groups in total. The monoisotopic (exact) mass is 397 g/mol. The summed E-state index contributed by atoms with van der Waals surface area (Å²) in [5.41, 5.74) is 3.44. The van der Waals surface area contributed by atoms with Gasteiger partial charge in [-0.1, -0.05) is 6.07 Å². The molecule has 3 rings (SSSR count). The third-order valence-corrected chi connectivity index (χ3v) is 4.71. The van der Waals surface area contributed by atoms with E-state index in [2.05, 4.69) is 10.4 Å². The first-order valence-electron chi connectivity index (χ1n) is 9.22. The fourth-order valence-corrected chi connectivity index (χ4v) is 3.10. The summed E-state index contributed by atoms with van der Waals surface area (Å²) in [5, 5.41) is 7.17. The Morgan fingerprint density at radius 1 is 1.10 bits per heavy atom. The molecule has 7 heteroatoms. The number of benzene rings is 2. The molecule has 0 aliphatic rings. The lowest BCUT2D eigenvalue weighted by Gasteiger charge is -2.09. The zero-order chi connectivity index (χ0) is 21.0. The second-order valence-corrected chi connectivity index (χ2v) is 6.70. The van der Waals surface area contributed by atoms with Gasteiger partial charge in [-0.25, -0.2) is 4.39 Å². The molecule has 1 aromatic heterocycles. The molecule has 0 fully saturated rings. The molecule has 0 unspecified atom stereocenters. The Morgan fingerprint density at radius 3 is 2.55 bits per heavy atom. The van der Waals surface area contributed by atoms with E-state index in [-0.39, 0.29) is 11.7 Å². The van der Waals surface area contributed by atoms with E-state index in [1.54, 1.807) is 51.1 Å². The third kappa shape index (κ3) is 4.56. The smallest absolute Gasteiger partial charge is 0.271 e. The molecule has 0 aliphatic heterocycles. The maximum Gasteiger partial charge on any atom is 0.271 e. The van der Waals surface area contributed by atoms with Crippen LogP contribution in [0.15, 0.2) is 42.5 Å². The van der Waals surface area contributed by atoms with Gasteiger partial charge in [0.2, 0.25) is 0 Å². The summed E-state index contributed by atoms with van der Waals surface area (Å²) in [5.74, 6) is 0.799. The van der Waals surface area contributed by atoms with Crippen LogP contribution in [0.2, 0.25) is 0 Å². The van der Waals surface area contributed by atoms with Crippen LogP contribution in [0.4, 0.5) is 4.39 Å². The van der Waals surface area contributed by atoms with Crippen molar-refractivity contribution < 1.29 is 18.7 Å². The highest BCUT2D eigenvalue weighted by atomic mass is 19.1. The number of nitrogens with one attached hydrogen (secondary N) is 1. The lowest BCUT2D eigenvalue weighted by Crippen LogP contribution is -2.26. The number of methoxy groups -OCH3 is 2. The number of hydrogen-bond acceptors (Lipinski definition) is 4. The number of carbonyl (C=O) groups is 1. The topological polar surface area (TPSA) is 65.4 Å². The van der Waals surface area contributed by atoms with Crippen LogP contribution < -0.4 is 14.8 Å². The summed E-state index contributed by atoms with van der Waals surface area (Å²) in [7, 11) is 4.94. The van der Waals surface area contributed by atoms with Gasteiger partial charge in [-0.3, -0.25) is 9.48 Å². The predicted octanol–water partition coefficient (Wildman–Crippen LogP) is 3.52. The van der Waals surface area contributed by atoms with E-state index in [0.29, 0.717) is 35.7 Å². The number of halogens is 1. The van der Waals surface area contributed by atoms with Crippen LogP contribution in [-0.2, 0) is 13.5 Å². The first-order chi connectivity index (χ1) is 13.9. The molecule has 0 spiro atoms. The van der Waals surface area contributed by atoms with Gasteiger partial charge in [-0.15, -0.1) is 0 Å². The molecule has 0 bridgehead atoms. The van der Waals surface area contributed by atoms with Crippen molar-refractivity contribution in [2.75, 3.05) is 20.8 Å². The van der Waals surface area contributed by atoms with Crippen molar-refractivity contribution >= 4 is 5.91 Å². The van der Waals surface area contributed by atoms with Gasteiger partial charge in [0.1, 0.15) is 5.82 Å². The molecular weight excluding hydrogens is 373 g/mol. The Bertz CT molecular complexity index is 1030. The minimum absolute atomic E-state index is 0.258. The average Bonchev–Trinajstić information content (AvgIpc) is 3.11. The molecule has 3 aromatic rings. The molecule has 0 radical (unpaired) electrons. The van der Waals surface area contributed by atoms with Crippen LogP contribution in [0, 0.1) is 12.7 Å². The summed E-state index contributed by atoms with van der Waals surface area (Å²) < 4.78 is 25.7. The maximum atomic E-state index is 13.5. The van der Waals surface area contributed by atoms with Crippen LogP contribution in [0.25, 0.3) is 11.3 Å². The molecule has 1 amide bonds. The average molecular weight is 397 g/mol. The van der Waals surface area contributed by atoms with E-state index in [0.717, 1.165) is 16.8 Å². The molecule has 6 nitrogen and oxygen atoms in total. The van der Waals surface area contributed by atoms with Crippen LogP contribution in [0.3, 0.4) is 0 Å². The van der Waals surface area contributed by atoms with Crippen molar-refractivity contribution in [3.63, 3.8) is 0 Å². The lowest BCUT2D eigenvalue weighted by molar-refractivity contribution is 0.0948. The summed E-state index contributed by atoms with van der Waals surface area (Å²) >= 11 is 0. The summed E-state index contributed by atoms with van der Waals surface area (Å²) in [6.07, 6.45) is 0.642. The number of rotatable bonds is 7. The predicted molar refractivity (Wildman–Crippen MR) is 109 cm³/mol. The van der Waals surface area contributed by atoms with Crippen molar-refractivity contribution in [3.05, 3.63) is 65.1 Å². The summed E-state index contributed by atoms with van der Waals surface area (Å²) in [6, 6.07) is 12.2. The Kier molecular flexibility index (Phi) is 6.16. The quantitative estimate of drug-likeness (QED) is 0.663. The van der Waals surface area contributed by atoms with E-state index >= 15 is 0 Å². The molecule has 0 saturated heterocycles. The minimum atomic E-state index is -0.260. The number of aromatic nitrogens is 2. The standard InChI is InChI=1S/C22H24FN3O3/c1-14-11-16(6-7-17(14)23)19-13-18(25-26(19)2)22(27)24-10-9-15-5-8-20(28-3)21(12-15)29-4/h5-8,11-13H,9-10H2,1-4H3,(H,24,27). The molecule has 152 valence electrons. The summed E-state index contributed by atoms with van der Waals surface area (Å²) in [4.78, 5) is 12.5. The van der Waals surface area contributed by atoms with Crippen molar-refractivity contribution in [1.29, 1.82) is 0 Å². The molecule has 0 aliphatic carbocycles. The Balaban J connectivity index is 1.65. The van der Waals surface area contributed by atoms with E-state index in [4.69, 9.17) is 9.47 Å². The second kappa shape index (κ2) is 8.77. The van der Waals surface area contributed by atoms with Gasteiger partial charge >= 0.3 is 0 Å². The van der Waals surface area contributed by atoms with Gasteiger partial charge in [0.25, 0.3) is 5.91 Å². The number of carbonyl (C=O) groups excluding carboxylic acids is 1. The lowest BCUT2D eigenvalue weighted by atomic mass is 10.1. The SMILES string of the molecule is COc1ccc(CCNC(=O)c2cc(-c3ccc(F)c(C)c3)n(C)n2)cc1OC. The third-order valence-electron chi connectivity index (χ3n) is 4.71. The highest BCUT2D eigenvalue weighted by Crippen LogP contribution is 2.27. The highest BCUT2D eigenvalue weighted by molar-refractivity contribution is 5.93. The van der Waals surface area contributed by atoms with Crippen LogP contribution >= 0.6 is 0 Å². The number of amides is 1. The molecule has 1 heterocycles. The van der Waals surface area contributed by atoms with E-state index < -0.39 is 0 Å². The summed E-state index contributed by atoms with van der Waals surface area (Å²) in [6.45, 7) is 2.16. The van der Waals surface area contributed by atoms with E-state index in [1.165, 1.54) is 6.07 Å². The molecule has 0 atom stereocenters. The normalized spacial score (nSPS) is 10.7. The molecular formula is C22H24FN3O3. The van der Waals surface area contributed by atoms with E-state index in [9.17, 15) is 9.18 Å². The van der Waals surface area contributed by atoms with Crippen LogP contribution in [0.5, 0.6) is 11.5 Å². The number of nitrogens with zero attached hydrogens (tertiary/aromatic N) is 2. The largest absolute Gasteiger partial charge is 0.493 e. The Labute approximate surface area is 169 Å². The van der Waals surface area contributed by atoms with Crippen molar-refractivity contribution in [2.45, 2.75) is 13.3 Å². The van der Waals surface area contributed by atoms with Crippen LogP contribution in [-0.4, -0.2) is 36.5 Å². The zero-order valence-corrected chi connectivity index (χ0v) is 17.0. The molecule has 0 saturated carbocycles. The fourth-order valence-electron chi connectivity index (χ4n) is 3.10. The number of aryl methyl sites for hydroxylation is 2. The second-order valence-electron chi connectivity index (χ2n) is 6.70. The number of hydrogen-bond donors (Lipinski definition) is 1. The Morgan fingerprint density at radius 2 is 1.86 bits per heavy atom.